The maximum absolute atomic E-state index is 13.3. The number of nitrogens with zero attached hydrogens (tertiary/aromatic N) is 1. The van der Waals surface area contributed by atoms with Crippen molar-refractivity contribution in [2.24, 2.45) is 0 Å². The van der Waals surface area contributed by atoms with E-state index < -0.39 is 12.8 Å². The van der Waals surface area contributed by atoms with Crippen LogP contribution in [0.25, 0.3) is 0 Å². The van der Waals surface area contributed by atoms with Crippen molar-refractivity contribution in [3.05, 3.63) is 47.5 Å². The molecule has 0 amide bonds. The molecule has 1 aliphatic carbocycles. The molecular formula is C18H24NO3P. The Morgan fingerprint density at radius 2 is 1.65 bits per heavy atom. The fourth-order valence-corrected chi connectivity index (χ4v) is 4.96. The molecule has 1 atom stereocenters. The molecule has 5 heteroatoms. The van der Waals surface area contributed by atoms with Gasteiger partial charge in [0, 0.05) is 0 Å². The van der Waals surface area contributed by atoms with Crippen molar-refractivity contribution in [1.29, 1.82) is 5.26 Å². The number of rotatable bonds is 8. The Hall–Kier alpha value is -1.40. The largest absolute Gasteiger partial charge is 0.359 e. The molecule has 1 aromatic carbocycles. The van der Waals surface area contributed by atoms with E-state index in [9.17, 15) is 9.83 Å². The fourth-order valence-electron chi connectivity index (χ4n) is 2.57. The van der Waals surface area contributed by atoms with E-state index in [0.717, 1.165) is 12.0 Å². The van der Waals surface area contributed by atoms with Crippen molar-refractivity contribution in [3.63, 3.8) is 0 Å². The fraction of sp³-hybridized carbons (Fsp3) is 0.500. The van der Waals surface area contributed by atoms with Gasteiger partial charge in [0.2, 0.25) is 0 Å². The summed E-state index contributed by atoms with van der Waals surface area (Å²) in [5.74, 6) is 0. The zero-order chi connectivity index (χ0) is 17.1. The molecule has 0 N–H and O–H groups in total. The highest BCUT2D eigenvalue weighted by molar-refractivity contribution is 7.57. The van der Waals surface area contributed by atoms with Crippen LogP contribution in [0.3, 0.4) is 0 Å². The Bertz CT molecular complexity index is 647. The Morgan fingerprint density at radius 3 is 2.13 bits per heavy atom. The Labute approximate surface area is 138 Å². The first kappa shape index (κ1) is 17.9. The maximum atomic E-state index is 13.3. The second-order valence-electron chi connectivity index (χ2n) is 6.34. The molecule has 0 radical (unpaired) electrons. The maximum Gasteiger partial charge on any atom is 0.359 e. The van der Waals surface area contributed by atoms with Crippen molar-refractivity contribution < 1.29 is 13.6 Å². The molecule has 1 aliphatic rings. The SMILES string of the molecule is CC(C)OP(=O)(OC(C)C)[C@@]1(C#N)C=C1CCc1ccccc1. The standard InChI is InChI=1S/C18H24NO3P/c1-14(2)21-23(20,22-15(3)4)18(13-19)12-17(18)11-10-16-8-6-5-7-9-16/h5-9,12,14-15H,10-11H2,1-4H3/t18-/m1/s1. The van der Waals surface area contributed by atoms with E-state index in [-0.39, 0.29) is 12.2 Å². The molecule has 0 bridgehead atoms. The van der Waals surface area contributed by atoms with E-state index in [1.165, 1.54) is 5.56 Å². The third-order valence-electron chi connectivity index (χ3n) is 3.62. The highest BCUT2D eigenvalue weighted by atomic mass is 31.2. The Kier molecular flexibility index (Phi) is 5.47. The lowest BCUT2D eigenvalue weighted by Crippen LogP contribution is -2.21. The Balaban J connectivity index is 2.12. The number of hydrogen-bond donors (Lipinski definition) is 0. The molecule has 0 saturated heterocycles. The van der Waals surface area contributed by atoms with E-state index in [1.54, 1.807) is 33.8 Å². The van der Waals surface area contributed by atoms with Crippen LogP contribution in [0, 0.1) is 11.3 Å². The third kappa shape index (κ3) is 3.93. The van der Waals surface area contributed by atoms with Crippen LogP contribution in [0.1, 0.15) is 39.7 Å². The summed E-state index contributed by atoms with van der Waals surface area (Å²) in [6, 6.07) is 12.2. The molecule has 23 heavy (non-hydrogen) atoms. The molecule has 0 unspecified atom stereocenters. The Morgan fingerprint density at radius 1 is 1.09 bits per heavy atom. The van der Waals surface area contributed by atoms with E-state index in [2.05, 4.69) is 6.07 Å². The normalized spacial score (nSPS) is 20.5. The van der Waals surface area contributed by atoms with Crippen molar-refractivity contribution >= 4 is 7.60 Å². The van der Waals surface area contributed by atoms with E-state index in [4.69, 9.17) is 9.05 Å². The number of allylic oxidation sites excluding steroid dienone is 2. The molecule has 0 heterocycles. The molecule has 1 aromatic rings. The van der Waals surface area contributed by atoms with Gasteiger partial charge in [-0.2, -0.15) is 5.26 Å². The monoisotopic (exact) mass is 333 g/mol. The summed E-state index contributed by atoms with van der Waals surface area (Å²) < 4.78 is 24.5. The smallest absolute Gasteiger partial charge is 0.304 e. The summed E-state index contributed by atoms with van der Waals surface area (Å²) in [4.78, 5) is 0. The molecule has 0 saturated carbocycles. The van der Waals surface area contributed by atoms with Crippen LogP contribution in [-0.4, -0.2) is 17.4 Å². The predicted molar refractivity (Wildman–Crippen MR) is 91.2 cm³/mol. The van der Waals surface area contributed by atoms with Crippen LogP contribution in [0.2, 0.25) is 0 Å². The molecule has 124 valence electrons. The van der Waals surface area contributed by atoms with Crippen molar-refractivity contribution in [2.75, 3.05) is 0 Å². The number of hydrogen-bond acceptors (Lipinski definition) is 4. The minimum atomic E-state index is -3.55. The second-order valence-corrected chi connectivity index (χ2v) is 8.46. The molecule has 0 spiro atoms. The van der Waals surface area contributed by atoms with Gasteiger partial charge in [0.25, 0.3) is 0 Å². The summed E-state index contributed by atoms with van der Waals surface area (Å²) in [7, 11) is -3.55. The van der Waals surface area contributed by atoms with Crippen LogP contribution < -0.4 is 0 Å². The van der Waals surface area contributed by atoms with Gasteiger partial charge < -0.3 is 9.05 Å². The minimum absolute atomic E-state index is 0.269. The minimum Gasteiger partial charge on any atom is -0.304 e. The zero-order valence-corrected chi connectivity index (χ0v) is 15.0. The highest BCUT2D eigenvalue weighted by Gasteiger charge is 2.62. The van der Waals surface area contributed by atoms with Crippen LogP contribution in [-0.2, 0) is 20.0 Å². The average molecular weight is 333 g/mol. The summed E-state index contributed by atoms with van der Waals surface area (Å²) in [5, 5.41) is 8.47. The second kappa shape index (κ2) is 7.01. The quantitative estimate of drug-likeness (QED) is 0.503. The lowest BCUT2D eigenvalue weighted by Gasteiger charge is -2.27. The highest BCUT2D eigenvalue weighted by Crippen LogP contribution is 2.71. The van der Waals surface area contributed by atoms with Gasteiger partial charge in [0.1, 0.15) is 0 Å². The molecular weight excluding hydrogens is 309 g/mol. The van der Waals surface area contributed by atoms with Crippen LogP contribution in [0.4, 0.5) is 0 Å². The molecule has 0 fully saturated rings. The van der Waals surface area contributed by atoms with Gasteiger partial charge in [-0.3, -0.25) is 4.57 Å². The summed E-state index contributed by atoms with van der Waals surface area (Å²) in [6.07, 6.45) is 2.70. The van der Waals surface area contributed by atoms with Gasteiger partial charge in [-0.15, -0.1) is 0 Å². The first-order valence-electron chi connectivity index (χ1n) is 7.97. The lowest BCUT2D eigenvalue weighted by atomic mass is 10.1. The third-order valence-corrected chi connectivity index (χ3v) is 6.40. The van der Waals surface area contributed by atoms with Gasteiger partial charge in [-0.25, -0.2) is 0 Å². The van der Waals surface area contributed by atoms with Gasteiger partial charge >= 0.3 is 7.60 Å². The average Bonchev–Trinajstić information content (AvgIpc) is 3.20. The number of nitriles is 1. The van der Waals surface area contributed by atoms with E-state index in [0.29, 0.717) is 6.42 Å². The van der Waals surface area contributed by atoms with Crippen LogP contribution >= 0.6 is 7.60 Å². The van der Waals surface area contributed by atoms with Crippen molar-refractivity contribution in [3.8, 4) is 6.07 Å². The molecule has 2 rings (SSSR count). The topological polar surface area (TPSA) is 59.3 Å². The van der Waals surface area contributed by atoms with Gasteiger partial charge in [-0.05, 0) is 57.7 Å². The summed E-state index contributed by atoms with van der Waals surface area (Å²) in [5.41, 5.74) is 2.05. The molecule has 0 aliphatic heterocycles. The van der Waals surface area contributed by atoms with Gasteiger partial charge in [0.15, 0.2) is 5.16 Å². The summed E-state index contributed by atoms with van der Waals surface area (Å²) in [6.45, 7) is 7.20. The first-order chi connectivity index (χ1) is 10.8. The summed E-state index contributed by atoms with van der Waals surface area (Å²) >= 11 is 0. The van der Waals surface area contributed by atoms with Crippen LogP contribution in [0.5, 0.6) is 0 Å². The number of aryl methyl sites for hydroxylation is 1. The van der Waals surface area contributed by atoms with Crippen molar-refractivity contribution in [2.45, 2.75) is 57.9 Å². The first-order valence-corrected chi connectivity index (χ1v) is 9.51. The van der Waals surface area contributed by atoms with Gasteiger partial charge in [-0.1, -0.05) is 30.3 Å². The lowest BCUT2D eigenvalue weighted by molar-refractivity contribution is 0.139. The zero-order valence-electron chi connectivity index (χ0n) is 14.2. The predicted octanol–water partition coefficient (Wildman–Crippen LogP) is 4.86. The van der Waals surface area contributed by atoms with Crippen molar-refractivity contribution in [1.82, 2.24) is 0 Å². The number of benzene rings is 1. The van der Waals surface area contributed by atoms with E-state index in [1.807, 2.05) is 30.3 Å². The van der Waals surface area contributed by atoms with Crippen LogP contribution in [0.15, 0.2) is 42.0 Å². The molecule has 0 aromatic heterocycles. The molecule has 4 nitrogen and oxygen atoms in total. The van der Waals surface area contributed by atoms with Gasteiger partial charge in [0.05, 0.1) is 18.3 Å². The van der Waals surface area contributed by atoms with E-state index >= 15 is 0 Å².